The van der Waals surface area contributed by atoms with Crippen molar-refractivity contribution in [2.24, 2.45) is 5.92 Å². The van der Waals surface area contributed by atoms with E-state index in [0.717, 1.165) is 18.8 Å². The van der Waals surface area contributed by atoms with Crippen LogP contribution in [0, 0.1) is 25.2 Å². The molecule has 57 valence electrons. The Morgan fingerprint density at radius 3 is 2.70 bits per heavy atom. The van der Waals surface area contributed by atoms with Gasteiger partial charge in [-0.1, -0.05) is 26.7 Å². The van der Waals surface area contributed by atoms with Gasteiger partial charge in [0.05, 0.1) is 0 Å². The Bertz CT molecular complexity index is 93.1. The largest absolute Gasteiger partial charge is 0.120 e. The average molecular weight is 137 g/mol. The molecule has 0 spiro atoms. The monoisotopic (exact) mass is 137 g/mol. The Morgan fingerprint density at radius 1 is 1.60 bits per heavy atom. The van der Waals surface area contributed by atoms with Crippen LogP contribution in [-0.4, -0.2) is 0 Å². The Kier molecular flexibility index (Phi) is 6.38. The molecule has 0 rings (SSSR count). The van der Waals surface area contributed by atoms with Crippen LogP contribution in [0.1, 0.15) is 39.0 Å². The smallest absolute Gasteiger partial charge is 0.00861 e. The molecule has 0 saturated heterocycles. The first-order valence-electron chi connectivity index (χ1n) is 4.07. The van der Waals surface area contributed by atoms with E-state index in [1.54, 1.807) is 0 Å². The minimum absolute atomic E-state index is 0.799. The van der Waals surface area contributed by atoms with E-state index >= 15 is 0 Å². The van der Waals surface area contributed by atoms with Gasteiger partial charge < -0.3 is 0 Å². The SMILES string of the molecule is C#CCCCC(C[CH2])CC. The quantitative estimate of drug-likeness (QED) is 0.403. The van der Waals surface area contributed by atoms with Crippen LogP contribution in [0.25, 0.3) is 0 Å². The molecule has 0 heteroatoms. The molecular formula is C10H17. The van der Waals surface area contributed by atoms with E-state index in [0.29, 0.717) is 0 Å². The van der Waals surface area contributed by atoms with Gasteiger partial charge in [0.1, 0.15) is 0 Å². The van der Waals surface area contributed by atoms with Crippen LogP contribution >= 0.6 is 0 Å². The van der Waals surface area contributed by atoms with Gasteiger partial charge in [0.15, 0.2) is 0 Å². The number of hydrogen-bond donors (Lipinski definition) is 0. The molecule has 0 aromatic heterocycles. The lowest BCUT2D eigenvalue weighted by molar-refractivity contribution is 0.462. The van der Waals surface area contributed by atoms with Crippen molar-refractivity contribution in [1.29, 1.82) is 0 Å². The van der Waals surface area contributed by atoms with Crippen molar-refractivity contribution in [3.05, 3.63) is 6.92 Å². The summed E-state index contributed by atoms with van der Waals surface area (Å²) in [5.41, 5.74) is 0. The van der Waals surface area contributed by atoms with E-state index in [-0.39, 0.29) is 0 Å². The molecule has 10 heavy (non-hydrogen) atoms. The fourth-order valence-electron chi connectivity index (χ4n) is 1.05. The number of terminal acetylenes is 1. The lowest BCUT2D eigenvalue weighted by atomic mass is 9.97. The number of hydrogen-bond acceptors (Lipinski definition) is 0. The van der Waals surface area contributed by atoms with E-state index in [1.807, 2.05) is 0 Å². The van der Waals surface area contributed by atoms with Crippen LogP contribution in [0.3, 0.4) is 0 Å². The predicted molar refractivity (Wildman–Crippen MR) is 46.4 cm³/mol. The van der Waals surface area contributed by atoms with Crippen LogP contribution in [-0.2, 0) is 0 Å². The maximum atomic E-state index is 5.13. The van der Waals surface area contributed by atoms with Gasteiger partial charge in [-0.2, -0.15) is 0 Å². The van der Waals surface area contributed by atoms with Crippen LogP contribution in [0.4, 0.5) is 0 Å². The van der Waals surface area contributed by atoms with E-state index < -0.39 is 0 Å². The molecule has 0 aliphatic rings. The average Bonchev–Trinajstić information content (AvgIpc) is 1.99. The summed E-state index contributed by atoms with van der Waals surface area (Å²) in [5.74, 6) is 3.45. The van der Waals surface area contributed by atoms with E-state index in [1.165, 1.54) is 19.3 Å². The minimum Gasteiger partial charge on any atom is -0.120 e. The summed E-state index contributed by atoms with van der Waals surface area (Å²) in [7, 11) is 0. The lowest BCUT2D eigenvalue weighted by Crippen LogP contribution is -1.95. The van der Waals surface area contributed by atoms with E-state index in [9.17, 15) is 0 Å². The Hall–Kier alpha value is -0.440. The van der Waals surface area contributed by atoms with Crippen molar-refractivity contribution >= 4 is 0 Å². The van der Waals surface area contributed by atoms with Crippen LogP contribution in [0.15, 0.2) is 0 Å². The van der Waals surface area contributed by atoms with Crippen molar-refractivity contribution < 1.29 is 0 Å². The highest BCUT2D eigenvalue weighted by molar-refractivity contribution is 4.83. The summed E-state index contributed by atoms with van der Waals surface area (Å²) in [6.07, 6.45) is 10.8. The summed E-state index contributed by atoms with van der Waals surface area (Å²) in [6.45, 7) is 6.10. The molecule has 0 amide bonds. The molecular weight excluding hydrogens is 120 g/mol. The van der Waals surface area contributed by atoms with Gasteiger partial charge in [-0.25, -0.2) is 0 Å². The predicted octanol–water partition coefficient (Wildman–Crippen LogP) is 3.04. The van der Waals surface area contributed by atoms with Gasteiger partial charge in [-0.05, 0) is 18.8 Å². The highest BCUT2D eigenvalue weighted by atomic mass is 14.1. The van der Waals surface area contributed by atoms with Gasteiger partial charge in [0, 0.05) is 6.42 Å². The number of unbranched alkanes of at least 4 members (excludes halogenated alkanes) is 1. The molecule has 0 N–H and O–H groups in total. The van der Waals surface area contributed by atoms with Gasteiger partial charge >= 0.3 is 0 Å². The molecule has 0 aromatic carbocycles. The molecule has 0 aliphatic carbocycles. The summed E-state index contributed by atoms with van der Waals surface area (Å²) >= 11 is 0. The zero-order valence-corrected chi connectivity index (χ0v) is 6.90. The maximum absolute atomic E-state index is 5.13. The van der Waals surface area contributed by atoms with Gasteiger partial charge in [0.25, 0.3) is 0 Å². The lowest BCUT2D eigenvalue weighted by Gasteiger charge is -2.09. The molecule has 0 nitrogen and oxygen atoms in total. The Labute approximate surface area is 65.0 Å². The third-order valence-electron chi connectivity index (χ3n) is 1.92. The van der Waals surface area contributed by atoms with Crippen molar-refractivity contribution in [3.63, 3.8) is 0 Å². The first-order chi connectivity index (χ1) is 4.85. The molecule has 0 heterocycles. The fourth-order valence-corrected chi connectivity index (χ4v) is 1.05. The van der Waals surface area contributed by atoms with Crippen LogP contribution < -0.4 is 0 Å². The van der Waals surface area contributed by atoms with Gasteiger partial charge in [0.2, 0.25) is 0 Å². The number of rotatable bonds is 5. The second-order valence-electron chi connectivity index (χ2n) is 2.66. The van der Waals surface area contributed by atoms with E-state index in [4.69, 9.17) is 6.42 Å². The van der Waals surface area contributed by atoms with Crippen molar-refractivity contribution in [2.75, 3.05) is 0 Å². The molecule has 1 atom stereocenters. The molecule has 1 radical (unpaired) electrons. The normalized spacial score (nSPS) is 9.80. The Balaban J connectivity index is 3.19. The Morgan fingerprint density at radius 2 is 2.30 bits per heavy atom. The third-order valence-corrected chi connectivity index (χ3v) is 1.92. The molecule has 1 unspecified atom stereocenters. The molecule has 0 aliphatic heterocycles. The third kappa shape index (κ3) is 4.44. The molecule has 0 saturated carbocycles. The van der Waals surface area contributed by atoms with Crippen molar-refractivity contribution in [2.45, 2.75) is 39.0 Å². The second kappa shape index (κ2) is 6.68. The van der Waals surface area contributed by atoms with Gasteiger partial charge in [-0.15, -0.1) is 12.3 Å². The maximum Gasteiger partial charge on any atom is 0.00861 e. The highest BCUT2D eigenvalue weighted by Gasteiger charge is 2.00. The first-order valence-corrected chi connectivity index (χ1v) is 4.07. The summed E-state index contributed by atoms with van der Waals surface area (Å²) in [6, 6.07) is 0. The topological polar surface area (TPSA) is 0 Å². The van der Waals surface area contributed by atoms with Crippen LogP contribution in [0.5, 0.6) is 0 Å². The first kappa shape index (κ1) is 9.56. The highest BCUT2D eigenvalue weighted by Crippen LogP contribution is 2.14. The fraction of sp³-hybridized carbons (Fsp3) is 0.700. The molecule has 0 aromatic rings. The molecule has 0 bridgehead atoms. The molecule has 0 fully saturated rings. The summed E-state index contributed by atoms with van der Waals surface area (Å²) < 4.78 is 0. The summed E-state index contributed by atoms with van der Waals surface area (Å²) in [5, 5.41) is 0. The van der Waals surface area contributed by atoms with Crippen molar-refractivity contribution in [1.82, 2.24) is 0 Å². The van der Waals surface area contributed by atoms with E-state index in [2.05, 4.69) is 19.8 Å². The zero-order chi connectivity index (χ0) is 7.82. The van der Waals surface area contributed by atoms with Crippen LogP contribution in [0.2, 0.25) is 0 Å². The minimum atomic E-state index is 0.799. The van der Waals surface area contributed by atoms with Gasteiger partial charge in [-0.3, -0.25) is 0 Å². The second-order valence-corrected chi connectivity index (χ2v) is 2.66. The summed E-state index contributed by atoms with van der Waals surface area (Å²) in [4.78, 5) is 0. The van der Waals surface area contributed by atoms with Crippen molar-refractivity contribution in [3.8, 4) is 12.3 Å². The standard InChI is InChI=1S/C10H17/c1-4-7-8-9-10(5-2)6-3/h1,10H,2,5-9H2,3H3. The zero-order valence-electron chi connectivity index (χ0n) is 6.90.